The van der Waals surface area contributed by atoms with Crippen molar-refractivity contribution in [3.8, 4) is 28.6 Å². The van der Waals surface area contributed by atoms with Crippen LogP contribution in [0.3, 0.4) is 0 Å². The number of nitrogens with zero attached hydrogens (tertiary/aromatic N) is 2. The summed E-state index contributed by atoms with van der Waals surface area (Å²) in [5.41, 5.74) is 1.22. The third kappa shape index (κ3) is 2.55. The first-order valence-corrected chi connectivity index (χ1v) is 6.89. The van der Waals surface area contributed by atoms with Gasteiger partial charge in [-0.2, -0.15) is 4.98 Å². The van der Waals surface area contributed by atoms with Gasteiger partial charge >= 0.3 is 0 Å². The Hall–Kier alpha value is -1.85. The van der Waals surface area contributed by atoms with Crippen molar-refractivity contribution in [2.75, 3.05) is 0 Å². The van der Waals surface area contributed by atoms with E-state index in [-0.39, 0.29) is 11.6 Å². The third-order valence-corrected chi connectivity index (χ3v) is 3.43. The van der Waals surface area contributed by atoms with Gasteiger partial charge in [0.15, 0.2) is 0 Å². The molecule has 0 fully saturated rings. The second kappa shape index (κ2) is 5.26. The molecule has 4 nitrogen and oxygen atoms in total. The topological polar surface area (TPSA) is 59.2 Å². The molecule has 3 rings (SSSR count). The number of aromatic nitrogens is 2. The van der Waals surface area contributed by atoms with Gasteiger partial charge in [0.2, 0.25) is 5.82 Å². The lowest BCUT2D eigenvalue weighted by molar-refractivity contribution is 0.426. The zero-order valence-electron chi connectivity index (χ0n) is 10.0. The Morgan fingerprint density at radius 1 is 1.15 bits per heavy atom. The molecule has 0 saturated heterocycles. The maximum Gasteiger partial charge on any atom is 0.262 e. The highest BCUT2D eigenvalue weighted by atomic mass is 79.9. The standard InChI is InChI=1S/C14H8BrClN2O2/c15-9-3-1-2-8(6-9)13-17-14(20-18-13)11-7-10(16)4-5-12(11)19/h1-7,19H. The minimum Gasteiger partial charge on any atom is -0.507 e. The number of phenols is 1. The van der Waals surface area contributed by atoms with Crippen LogP contribution in [0.25, 0.3) is 22.8 Å². The minimum atomic E-state index is 0.0406. The lowest BCUT2D eigenvalue weighted by Gasteiger charge is -1.99. The van der Waals surface area contributed by atoms with Crippen molar-refractivity contribution >= 4 is 27.5 Å². The van der Waals surface area contributed by atoms with Gasteiger partial charge in [-0.25, -0.2) is 0 Å². The highest BCUT2D eigenvalue weighted by Crippen LogP contribution is 2.32. The van der Waals surface area contributed by atoms with Crippen LogP contribution in [0.4, 0.5) is 0 Å². The summed E-state index contributed by atoms with van der Waals surface area (Å²) in [6.45, 7) is 0. The van der Waals surface area contributed by atoms with E-state index in [2.05, 4.69) is 26.1 Å². The third-order valence-electron chi connectivity index (χ3n) is 2.70. The van der Waals surface area contributed by atoms with Gasteiger partial charge in [0.25, 0.3) is 5.89 Å². The van der Waals surface area contributed by atoms with E-state index < -0.39 is 0 Å². The zero-order valence-corrected chi connectivity index (χ0v) is 12.4. The number of hydrogen-bond acceptors (Lipinski definition) is 4. The molecule has 0 radical (unpaired) electrons. The Bertz CT molecular complexity index is 773. The molecule has 0 bridgehead atoms. The van der Waals surface area contributed by atoms with Crippen LogP contribution >= 0.6 is 27.5 Å². The first-order chi connectivity index (χ1) is 9.63. The Balaban J connectivity index is 2.04. The van der Waals surface area contributed by atoms with Crippen molar-refractivity contribution in [1.82, 2.24) is 10.1 Å². The molecule has 1 N–H and O–H groups in total. The predicted molar refractivity (Wildman–Crippen MR) is 79.5 cm³/mol. The minimum absolute atomic E-state index is 0.0406. The summed E-state index contributed by atoms with van der Waals surface area (Å²) < 4.78 is 6.11. The molecule has 6 heteroatoms. The molecule has 20 heavy (non-hydrogen) atoms. The van der Waals surface area contributed by atoms with Crippen molar-refractivity contribution in [2.24, 2.45) is 0 Å². The molecule has 0 spiro atoms. The molecule has 0 aliphatic heterocycles. The Kier molecular flexibility index (Phi) is 3.46. The molecular formula is C14H8BrClN2O2. The van der Waals surface area contributed by atoms with E-state index in [4.69, 9.17) is 16.1 Å². The van der Waals surface area contributed by atoms with Crippen molar-refractivity contribution in [3.05, 3.63) is 52.0 Å². The maximum atomic E-state index is 9.82. The first-order valence-electron chi connectivity index (χ1n) is 5.72. The lowest BCUT2D eigenvalue weighted by atomic mass is 10.2. The Morgan fingerprint density at radius 3 is 2.80 bits per heavy atom. The quantitative estimate of drug-likeness (QED) is 0.737. The number of hydrogen-bond donors (Lipinski definition) is 1. The van der Waals surface area contributed by atoms with E-state index in [0.29, 0.717) is 16.4 Å². The van der Waals surface area contributed by atoms with Crippen LogP contribution in [-0.4, -0.2) is 15.2 Å². The van der Waals surface area contributed by atoms with Gasteiger partial charge in [0.05, 0.1) is 5.56 Å². The summed E-state index contributed by atoms with van der Waals surface area (Å²) in [6.07, 6.45) is 0. The summed E-state index contributed by atoms with van der Waals surface area (Å²) >= 11 is 9.29. The van der Waals surface area contributed by atoms with Crippen LogP contribution in [0.2, 0.25) is 5.02 Å². The predicted octanol–water partition coefficient (Wildman–Crippen LogP) is 4.53. The molecule has 0 aliphatic rings. The van der Waals surface area contributed by atoms with Crippen molar-refractivity contribution in [1.29, 1.82) is 0 Å². The van der Waals surface area contributed by atoms with Crippen LogP contribution in [0, 0.1) is 0 Å². The van der Waals surface area contributed by atoms with E-state index in [1.165, 1.54) is 6.07 Å². The number of phenolic OH excluding ortho intramolecular Hbond substituents is 1. The number of halogens is 2. The highest BCUT2D eigenvalue weighted by Gasteiger charge is 2.14. The fourth-order valence-corrected chi connectivity index (χ4v) is 2.33. The zero-order chi connectivity index (χ0) is 14.1. The monoisotopic (exact) mass is 350 g/mol. The molecule has 0 aliphatic carbocycles. The summed E-state index contributed by atoms with van der Waals surface area (Å²) in [5.74, 6) is 0.708. The smallest absolute Gasteiger partial charge is 0.262 e. The van der Waals surface area contributed by atoms with Crippen molar-refractivity contribution < 1.29 is 9.63 Å². The van der Waals surface area contributed by atoms with Crippen molar-refractivity contribution in [3.63, 3.8) is 0 Å². The van der Waals surface area contributed by atoms with E-state index >= 15 is 0 Å². The highest BCUT2D eigenvalue weighted by molar-refractivity contribution is 9.10. The molecule has 1 aromatic heterocycles. The van der Waals surface area contributed by atoms with E-state index in [1.54, 1.807) is 12.1 Å². The van der Waals surface area contributed by atoms with Gasteiger partial charge in [-0.05, 0) is 30.3 Å². The van der Waals surface area contributed by atoms with Crippen LogP contribution in [0.15, 0.2) is 51.5 Å². The maximum absolute atomic E-state index is 9.82. The van der Waals surface area contributed by atoms with Gasteiger partial charge in [-0.15, -0.1) is 0 Å². The molecule has 0 saturated carbocycles. The lowest BCUT2D eigenvalue weighted by Crippen LogP contribution is -1.82. The molecule has 100 valence electrons. The average Bonchev–Trinajstić information content (AvgIpc) is 2.91. The summed E-state index contributed by atoms with van der Waals surface area (Å²) in [6, 6.07) is 12.2. The fraction of sp³-hybridized carbons (Fsp3) is 0. The molecule has 0 unspecified atom stereocenters. The average molecular weight is 352 g/mol. The normalized spacial score (nSPS) is 10.7. The SMILES string of the molecule is Oc1ccc(Cl)cc1-c1nc(-c2cccc(Br)c2)no1. The molecular weight excluding hydrogens is 344 g/mol. The molecule has 1 heterocycles. The second-order valence-electron chi connectivity index (χ2n) is 4.09. The Morgan fingerprint density at radius 2 is 2.00 bits per heavy atom. The van der Waals surface area contributed by atoms with E-state index in [0.717, 1.165) is 10.0 Å². The van der Waals surface area contributed by atoms with E-state index in [9.17, 15) is 5.11 Å². The van der Waals surface area contributed by atoms with E-state index in [1.807, 2.05) is 24.3 Å². The van der Waals surface area contributed by atoms with Crippen LogP contribution in [-0.2, 0) is 0 Å². The summed E-state index contributed by atoms with van der Waals surface area (Å²) in [4.78, 5) is 4.28. The fourth-order valence-electron chi connectivity index (χ4n) is 1.76. The largest absolute Gasteiger partial charge is 0.507 e. The molecule has 3 aromatic rings. The van der Waals surface area contributed by atoms with Gasteiger partial charge < -0.3 is 9.63 Å². The number of rotatable bonds is 2. The van der Waals surface area contributed by atoms with Gasteiger partial charge in [-0.3, -0.25) is 0 Å². The molecule has 2 aromatic carbocycles. The van der Waals surface area contributed by atoms with Crippen LogP contribution in [0.5, 0.6) is 5.75 Å². The van der Waals surface area contributed by atoms with Crippen LogP contribution < -0.4 is 0 Å². The summed E-state index contributed by atoms with van der Waals surface area (Å²) in [5, 5.41) is 14.2. The molecule has 0 atom stereocenters. The van der Waals surface area contributed by atoms with Gasteiger partial charge in [0.1, 0.15) is 5.75 Å². The number of aromatic hydroxyl groups is 1. The first kappa shape index (κ1) is 13.1. The second-order valence-corrected chi connectivity index (χ2v) is 5.45. The van der Waals surface area contributed by atoms with Crippen molar-refractivity contribution in [2.45, 2.75) is 0 Å². The van der Waals surface area contributed by atoms with Crippen LogP contribution in [0.1, 0.15) is 0 Å². The van der Waals surface area contributed by atoms with Gasteiger partial charge in [0, 0.05) is 15.1 Å². The van der Waals surface area contributed by atoms with Gasteiger partial charge in [-0.1, -0.05) is 44.8 Å². The molecule has 0 amide bonds. The summed E-state index contributed by atoms with van der Waals surface area (Å²) in [7, 11) is 0. The Labute approximate surface area is 128 Å². The number of benzene rings is 2.